The number of carboxylic acid groups (broad SMARTS) is 1. The number of carbonyl (C=O) groups is 2. The Morgan fingerprint density at radius 2 is 1.82 bits per heavy atom. The molecule has 0 aliphatic heterocycles. The fourth-order valence-corrected chi connectivity index (χ4v) is 1.83. The maximum Gasteiger partial charge on any atom is 0.387 e. The predicted octanol–water partition coefficient (Wildman–Crippen LogP) is 2.91. The van der Waals surface area contributed by atoms with Gasteiger partial charge in [-0.15, -0.1) is 0 Å². The molecule has 0 aliphatic rings. The summed E-state index contributed by atoms with van der Waals surface area (Å²) in [4.78, 5) is 23.1. The lowest BCUT2D eigenvalue weighted by molar-refractivity contribution is -0.138. The van der Waals surface area contributed by atoms with Crippen LogP contribution in [0, 0.1) is 5.92 Å². The predicted molar refractivity (Wildman–Crippen MR) is 76.0 cm³/mol. The molecule has 0 spiro atoms. The van der Waals surface area contributed by atoms with E-state index < -0.39 is 24.0 Å². The molecule has 1 amide bonds. The average molecular weight is 315 g/mol. The van der Waals surface area contributed by atoms with E-state index in [2.05, 4.69) is 10.1 Å². The van der Waals surface area contributed by atoms with E-state index in [1.165, 1.54) is 24.3 Å². The van der Waals surface area contributed by atoms with Gasteiger partial charge in [0.15, 0.2) is 0 Å². The van der Waals surface area contributed by atoms with Gasteiger partial charge in [0.2, 0.25) is 0 Å². The van der Waals surface area contributed by atoms with Gasteiger partial charge >= 0.3 is 12.6 Å². The number of amides is 1. The van der Waals surface area contributed by atoms with E-state index in [0.717, 1.165) is 0 Å². The Labute approximate surface area is 127 Å². The highest BCUT2D eigenvalue weighted by atomic mass is 19.3. The maximum atomic E-state index is 12.2. The highest BCUT2D eigenvalue weighted by Crippen LogP contribution is 2.22. The molecule has 5 nitrogen and oxygen atoms in total. The Balaban J connectivity index is 2.84. The molecule has 2 N–H and O–H groups in total. The maximum absolute atomic E-state index is 12.2. The second kappa shape index (κ2) is 7.20. The van der Waals surface area contributed by atoms with Crippen molar-refractivity contribution >= 4 is 11.9 Å². The van der Waals surface area contributed by atoms with Crippen LogP contribution in [-0.2, 0) is 4.79 Å². The smallest absolute Gasteiger partial charge is 0.387 e. The van der Waals surface area contributed by atoms with Crippen LogP contribution in [0.25, 0.3) is 0 Å². The fraction of sp³-hybridized carbons (Fsp3) is 0.467. The molecular formula is C15H19F2NO4. The molecule has 1 atom stereocenters. The van der Waals surface area contributed by atoms with Crippen molar-refractivity contribution in [2.75, 3.05) is 0 Å². The highest BCUT2D eigenvalue weighted by Gasteiger charge is 2.33. The first-order valence-corrected chi connectivity index (χ1v) is 6.73. The van der Waals surface area contributed by atoms with Crippen LogP contribution < -0.4 is 10.1 Å². The molecule has 1 aromatic carbocycles. The minimum atomic E-state index is -2.93. The van der Waals surface area contributed by atoms with Gasteiger partial charge in [0, 0.05) is 5.56 Å². The number of ether oxygens (including phenoxy) is 1. The number of carbonyl (C=O) groups excluding carboxylic acids is 1. The van der Waals surface area contributed by atoms with E-state index in [-0.39, 0.29) is 23.7 Å². The molecule has 1 aromatic rings. The molecule has 0 aliphatic carbocycles. The van der Waals surface area contributed by atoms with Gasteiger partial charge in [-0.1, -0.05) is 13.8 Å². The number of alkyl halides is 2. The molecule has 22 heavy (non-hydrogen) atoms. The number of hydrogen-bond acceptors (Lipinski definition) is 3. The normalized spacial score (nSPS) is 13.8. The van der Waals surface area contributed by atoms with E-state index in [1.54, 1.807) is 6.92 Å². The Morgan fingerprint density at radius 1 is 1.27 bits per heavy atom. The van der Waals surface area contributed by atoms with E-state index in [0.29, 0.717) is 0 Å². The lowest BCUT2D eigenvalue weighted by Gasteiger charge is -2.33. The summed E-state index contributed by atoms with van der Waals surface area (Å²) < 4.78 is 28.3. The van der Waals surface area contributed by atoms with E-state index in [9.17, 15) is 18.4 Å². The Kier molecular flexibility index (Phi) is 5.84. The molecule has 0 fully saturated rings. The first-order valence-electron chi connectivity index (χ1n) is 6.73. The minimum absolute atomic E-state index is 0.0521. The van der Waals surface area contributed by atoms with Gasteiger partial charge in [0.25, 0.3) is 5.91 Å². The summed E-state index contributed by atoms with van der Waals surface area (Å²) >= 11 is 0. The van der Waals surface area contributed by atoms with E-state index in [4.69, 9.17) is 5.11 Å². The molecule has 0 aromatic heterocycles. The lowest BCUT2D eigenvalue weighted by Crippen LogP contribution is -2.51. The van der Waals surface area contributed by atoms with Crippen molar-refractivity contribution in [1.29, 1.82) is 0 Å². The van der Waals surface area contributed by atoms with Crippen LogP contribution in [0.1, 0.15) is 37.6 Å². The van der Waals surface area contributed by atoms with Crippen LogP contribution in [0.3, 0.4) is 0 Å². The SMILES string of the molecule is CC(C)C(C)(CC(=O)O)NC(=O)c1ccc(OC(F)F)cc1. The van der Waals surface area contributed by atoms with Crippen LogP contribution in [0.2, 0.25) is 0 Å². The zero-order valence-corrected chi connectivity index (χ0v) is 12.6. The lowest BCUT2D eigenvalue weighted by atomic mass is 9.85. The van der Waals surface area contributed by atoms with Crippen LogP contribution in [0.15, 0.2) is 24.3 Å². The van der Waals surface area contributed by atoms with Crippen LogP contribution in [-0.4, -0.2) is 29.1 Å². The van der Waals surface area contributed by atoms with Crippen molar-refractivity contribution in [3.8, 4) is 5.75 Å². The third-order valence-corrected chi connectivity index (χ3v) is 3.53. The van der Waals surface area contributed by atoms with Crippen molar-refractivity contribution in [3.63, 3.8) is 0 Å². The molecular weight excluding hydrogens is 296 g/mol. The third-order valence-electron chi connectivity index (χ3n) is 3.53. The molecule has 0 heterocycles. The highest BCUT2D eigenvalue weighted by molar-refractivity contribution is 5.95. The monoisotopic (exact) mass is 315 g/mol. The van der Waals surface area contributed by atoms with E-state index >= 15 is 0 Å². The molecule has 0 bridgehead atoms. The minimum Gasteiger partial charge on any atom is -0.481 e. The second-order valence-corrected chi connectivity index (χ2v) is 5.50. The number of nitrogens with one attached hydrogen (secondary N) is 1. The zero-order chi connectivity index (χ0) is 16.9. The summed E-state index contributed by atoms with van der Waals surface area (Å²) in [7, 11) is 0. The van der Waals surface area contributed by atoms with Gasteiger partial charge in [-0.3, -0.25) is 9.59 Å². The largest absolute Gasteiger partial charge is 0.481 e. The van der Waals surface area contributed by atoms with Crippen LogP contribution in [0.4, 0.5) is 8.78 Å². The summed E-state index contributed by atoms with van der Waals surface area (Å²) in [6, 6.07) is 5.19. The molecule has 7 heteroatoms. The summed E-state index contributed by atoms with van der Waals surface area (Å²) in [5.41, 5.74) is -0.681. The quantitative estimate of drug-likeness (QED) is 0.811. The number of hydrogen-bond donors (Lipinski definition) is 2. The standard InChI is InChI=1S/C15H19F2NO4/c1-9(2)15(3,8-12(19)20)18-13(21)10-4-6-11(7-5-10)22-14(16)17/h4-7,9,14H,8H2,1-3H3,(H,18,21)(H,19,20). The number of aliphatic carboxylic acids is 1. The van der Waals surface area contributed by atoms with Crippen molar-refractivity contribution in [3.05, 3.63) is 29.8 Å². The van der Waals surface area contributed by atoms with Crippen molar-refractivity contribution in [2.45, 2.75) is 39.3 Å². The van der Waals surface area contributed by atoms with Crippen molar-refractivity contribution in [2.24, 2.45) is 5.92 Å². The fourth-order valence-electron chi connectivity index (χ4n) is 1.83. The van der Waals surface area contributed by atoms with Gasteiger partial charge in [-0.05, 0) is 37.1 Å². The zero-order valence-electron chi connectivity index (χ0n) is 12.6. The van der Waals surface area contributed by atoms with Gasteiger partial charge in [0.1, 0.15) is 5.75 Å². The van der Waals surface area contributed by atoms with E-state index in [1.807, 2.05) is 13.8 Å². The Hall–Kier alpha value is -2.18. The first kappa shape index (κ1) is 17.9. The topological polar surface area (TPSA) is 75.6 Å². The summed E-state index contributed by atoms with van der Waals surface area (Å²) in [5.74, 6) is -1.64. The molecule has 0 radical (unpaired) electrons. The van der Waals surface area contributed by atoms with Crippen molar-refractivity contribution in [1.82, 2.24) is 5.32 Å². The van der Waals surface area contributed by atoms with Crippen LogP contribution >= 0.6 is 0 Å². The summed E-state index contributed by atoms with van der Waals surface area (Å²) in [6.45, 7) is 2.34. The average Bonchev–Trinajstić information content (AvgIpc) is 2.37. The molecule has 1 rings (SSSR count). The second-order valence-electron chi connectivity index (χ2n) is 5.50. The van der Waals surface area contributed by atoms with Gasteiger partial charge in [-0.25, -0.2) is 0 Å². The van der Waals surface area contributed by atoms with Crippen LogP contribution in [0.5, 0.6) is 5.75 Å². The Morgan fingerprint density at radius 3 is 2.23 bits per heavy atom. The number of carboxylic acids is 1. The Bertz CT molecular complexity index is 531. The third kappa shape index (κ3) is 4.98. The number of halogens is 2. The van der Waals surface area contributed by atoms with Crippen molar-refractivity contribution < 1.29 is 28.2 Å². The van der Waals surface area contributed by atoms with Gasteiger partial charge < -0.3 is 15.2 Å². The van der Waals surface area contributed by atoms with Gasteiger partial charge in [-0.2, -0.15) is 8.78 Å². The molecule has 1 unspecified atom stereocenters. The number of rotatable bonds is 7. The summed E-state index contributed by atoms with van der Waals surface area (Å²) in [5, 5.41) is 11.7. The summed E-state index contributed by atoms with van der Waals surface area (Å²) in [6.07, 6.45) is -0.219. The number of benzene rings is 1. The first-order chi connectivity index (χ1) is 10.1. The molecule has 0 saturated heterocycles. The van der Waals surface area contributed by atoms with Gasteiger partial charge in [0.05, 0.1) is 12.0 Å². The molecule has 0 saturated carbocycles. The molecule has 122 valence electrons.